The average Bonchev–Trinajstić information content (AvgIpc) is 2.93. The predicted molar refractivity (Wildman–Crippen MR) is 92.5 cm³/mol. The number of aryl methyl sites for hydroxylation is 2. The summed E-state index contributed by atoms with van der Waals surface area (Å²) in [7, 11) is 2.97. The maximum Gasteiger partial charge on any atom is 0.341 e. The van der Waals surface area contributed by atoms with Crippen LogP contribution in [0.3, 0.4) is 0 Å². The van der Waals surface area contributed by atoms with E-state index in [0.717, 1.165) is 5.56 Å². The number of hydrogen-bond acceptors (Lipinski definition) is 5. The third-order valence-electron chi connectivity index (χ3n) is 3.79. The molecule has 0 saturated carbocycles. The number of benzene rings is 1. The smallest absolute Gasteiger partial charge is 0.341 e. The van der Waals surface area contributed by atoms with Crippen molar-refractivity contribution in [1.29, 1.82) is 0 Å². The lowest BCUT2D eigenvalue weighted by Gasteiger charge is -2.21. The van der Waals surface area contributed by atoms with Crippen molar-refractivity contribution < 1.29 is 23.5 Å². The first kappa shape index (κ1) is 18.6. The van der Waals surface area contributed by atoms with Crippen LogP contribution in [0.15, 0.2) is 34.7 Å². The van der Waals surface area contributed by atoms with E-state index < -0.39 is 12.1 Å². The van der Waals surface area contributed by atoms with Gasteiger partial charge in [0.15, 0.2) is 6.10 Å². The Kier molecular flexibility index (Phi) is 5.85. The van der Waals surface area contributed by atoms with Gasteiger partial charge in [0.1, 0.15) is 22.8 Å². The molecule has 0 aliphatic carbocycles. The highest BCUT2D eigenvalue weighted by atomic mass is 16.5. The Morgan fingerprint density at radius 3 is 2.60 bits per heavy atom. The van der Waals surface area contributed by atoms with E-state index in [2.05, 4.69) is 0 Å². The van der Waals surface area contributed by atoms with Crippen LogP contribution in [0.5, 0.6) is 5.75 Å². The fourth-order valence-corrected chi connectivity index (χ4v) is 2.50. The zero-order valence-electron chi connectivity index (χ0n) is 15.2. The number of furan rings is 1. The molecule has 1 aromatic carbocycles. The summed E-state index contributed by atoms with van der Waals surface area (Å²) < 4.78 is 15.9. The van der Waals surface area contributed by atoms with Crippen LogP contribution in [0, 0.1) is 13.8 Å². The first-order chi connectivity index (χ1) is 11.8. The summed E-state index contributed by atoms with van der Waals surface area (Å²) in [5, 5.41) is 0. The van der Waals surface area contributed by atoms with E-state index in [4.69, 9.17) is 13.9 Å². The molecule has 0 fully saturated rings. The number of ether oxygens (including phenoxy) is 2. The monoisotopic (exact) mass is 345 g/mol. The van der Waals surface area contributed by atoms with Gasteiger partial charge in [-0.2, -0.15) is 0 Å². The highest BCUT2D eigenvalue weighted by molar-refractivity contribution is 5.90. The number of amides is 1. The van der Waals surface area contributed by atoms with Gasteiger partial charge in [0.25, 0.3) is 5.91 Å². The van der Waals surface area contributed by atoms with Gasteiger partial charge in [0.2, 0.25) is 0 Å². The molecule has 1 atom stereocenters. The Hall–Kier alpha value is -2.76. The molecule has 0 aliphatic rings. The summed E-state index contributed by atoms with van der Waals surface area (Å²) >= 11 is 0. The van der Waals surface area contributed by atoms with Gasteiger partial charge in [-0.3, -0.25) is 4.79 Å². The molecule has 1 heterocycles. The predicted octanol–water partition coefficient (Wildman–Crippen LogP) is 3.11. The Morgan fingerprint density at radius 1 is 1.24 bits per heavy atom. The number of esters is 1. The molecule has 0 radical (unpaired) electrons. The van der Waals surface area contributed by atoms with E-state index in [0.29, 0.717) is 22.8 Å². The number of hydrogen-bond donors (Lipinski definition) is 0. The minimum absolute atomic E-state index is 0.185. The van der Waals surface area contributed by atoms with E-state index in [1.165, 1.54) is 12.0 Å². The van der Waals surface area contributed by atoms with E-state index in [9.17, 15) is 9.59 Å². The average molecular weight is 345 g/mol. The van der Waals surface area contributed by atoms with Crippen molar-refractivity contribution in [3.05, 3.63) is 53.0 Å². The van der Waals surface area contributed by atoms with Gasteiger partial charge in [-0.05, 0) is 44.5 Å². The first-order valence-corrected chi connectivity index (χ1v) is 7.97. The molecule has 1 aromatic heterocycles. The summed E-state index contributed by atoms with van der Waals surface area (Å²) in [5.74, 6) is 0.979. The molecule has 0 spiro atoms. The van der Waals surface area contributed by atoms with Crippen molar-refractivity contribution >= 4 is 11.9 Å². The van der Waals surface area contributed by atoms with Crippen molar-refractivity contribution in [2.45, 2.75) is 33.4 Å². The molecule has 134 valence electrons. The molecule has 0 N–H and O–H groups in total. The van der Waals surface area contributed by atoms with Crippen LogP contribution in [-0.4, -0.2) is 37.0 Å². The Bertz CT molecular complexity index is 765. The number of methoxy groups -OCH3 is 1. The fraction of sp³-hybridized carbons (Fsp3) is 0.368. The lowest BCUT2D eigenvalue weighted by atomic mass is 10.2. The van der Waals surface area contributed by atoms with Gasteiger partial charge in [-0.25, -0.2) is 4.79 Å². The molecular weight excluding hydrogens is 322 g/mol. The van der Waals surface area contributed by atoms with Crippen molar-refractivity contribution in [3.8, 4) is 5.75 Å². The largest absolute Gasteiger partial charge is 0.481 e. The van der Waals surface area contributed by atoms with E-state index in [1.807, 2.05) is 31.2 Å². The van der Waals surface area contributed by atoms with Crippen LogP contribution in [0.2, 0.25) is 0 Å². The summed E-state index contributed by atoms with van der Waals surface area (Å²) in [5.41, 5.74) is 1.43. The third-order valence-corrected chi connectivity index (χ3v) is 3.79. The lowest BCUT2D eigenvalue weighted by Crippen LogP contribution is -2.37. The minimum Gasteiger partial charge on any atom is -0.481 e. The summed E-state index contributed by atoms with van der Waals surface area (Å²) in [4.78, 5) is 25.6. The number of nitrogens with zero attached hydrogens (tertiary/aromatic N) is 1. The van der Waals surface area contributed by atoms with Crippen LogP contribution in [0.25, 0.3) is 0 Å². The topological polar surface area (TPSA) is 69.0 Å². The molecule has 6 heteroatoms. The van der Waals surface area contributed by atoms with E-state index >= 15 is 0 Å². The maximum absolute atomic E-state index is 12.5. The van der Waals surface area contributed by atoms with Crippen LogP contribution >= 0.6 is 0 Å². The molecule has 1 unspecified atom stereocenters. The maximum atomic E-state index is 12.5. The van der Waals surface area contributed by atoms with Crippen LogP contribution in [0.1, 0.15) is 34.4 Å². The van der Waals surface area contributed by atoms with Crippen LogP contribution in [0.4, 0.5) is 0 Å². The zero-order valence-corrected chi connectivity index (χ0v) is 15.2. The highest BCUT2D eigenvalue weighted by Gasteiger charge is 2.22. The molecule has 2 rings (SSSR count). The first-order valence-electron chi connectivity index (χ1n) is 7.97. The normalized spacial score (nSPS) is 11.7. The van der Waals surface area contributed by atoms with Gasteiger partial charge in [0, 0.05) is 7.05 Å². The van der Waals surface area contributed by atoms with Gasteiger partial charge in [-0.15, -0.1) is 0 Å². The van der Waals surface area contributed by atoms with Gasteiger partial charge in [0.05, 0.1) is 13.7 Å². The van der Waals surface area contributed by atoms with Crippen molar-refractivity contribution in [1.82, 2.24) is 4.90 Å². The third kappa shape index (κ3) is 4.62. The van der Waals surface area contributed by atoms with Gasteiger partial charge >= 0.3 is 5.97 Å². The van der Waals surface area contributed by atoms with E-state index in [-0.39, 0.29) is 12.5 Å². The van der Waals surface area contributed by atoms with Gasteiger partial charge < -0.3 is 18.8 Å². The quantitative estimate of drug-likeness (QED) is 0.753. The van der Waals surface area contributed by atoms with Crippen molar-refractivity contribution in [3.63, 3.8) is 0 Å². The molecule has 0 saturated heterocycles. The van der Waals surface area contributed by atoms with Crippen molar-refractivity contribution in [2.75, 3.05) is 14.2 Å². The molecular formula is C19H23NO5. The number of likely N-dealkylation sites (N-methyl/N-ethyl adjacent to an activating group) is 1. The summed E-state index contributed by atoms with van der Waals surface area (Å²) in [6.45, 7) is 5.58. The number of carbonyl (C=O) groups is 2. The number of carbonyl (C=O) groups excluding carboxylic acids is 2. The highest BCUT2D eigenvalue weighted by Crippen LogP contribution is 2.18. The second-order valence-electron chi connectivity index (χ2n) is 5.95. The van der Waals surface area contributed by atoms with Crippen LogP contribution in [-0.2, 0) is 16.1 Å². The molecule has 0 bridgehead atoms. The lowest BCUT2D eigenvalue weighted by molar-refractivity contribution is -0.137. The molecule has 2 aromatic rings. The zero-order chi connectivity index (χ0) is 18.6. The second kappa shape index (κ2) is 7.88. The number of rotatable bonds is 6. The fourth-order valence-electron chi connectivity index (χ4n) is 2.50. The molecule has 1 amide bonds. The Labute approximate surface area is 147 Å². The summed E-state index contributed by atoms with van der Waals surface area (Å²) in [6, 6.07) is 9.13. The second-order valence-corrected chi connectivity index (χ2v) is 5.95. The van der Waals surface area contributed by atoms with E-state index in [1.54, 1.807) is 27.0 Å². The standard InChI is InChI=1S/C19H23NO5/c1-12-7-6-8-15(9-12)25-14(3)18(21)20(4)11-16-10-17(13(2)24-16)19(22)23-5/h6-10,14H,11H2,1-5H3. The molecule has 0 aliphatic heterocycles. The molecule has 6 nitrogen and oxygen atoms in total. The van der Waals surface area contributed by atoms with Gasteiger partial charge in [-0.1, -0.05) is 12.1 Å². The molecule has 25 heavy (non-hydrogen) atoms. The van der Waals surface area contributed by atoms with Crippen molar-refractivity contribution in [2.24, 2.45) is 0 Å². The SMILES string of the molecule is COC(=O)c1cc(CN(C)C(=O)C(C)Oc2cccc(C)c2)oc1C. The summed E-state index contributed by atoms with van der Waals surface area (Å²) in [6.07, 6.45) is -0.636. The Balaban J connectivity index is 2.01. The Morgan fingerprint density at radius 2 is 1.96 bits per heavy atom. The minimum atomic E-state index is -0.636. The van der Waals surface area contributed by atoms with Crippen LogP contribution < -0.4 is 4.74 Å².